The number of ether oxygens (including phenoxy) is 1. The molecule has 1 heterocycles. The van der Waals surface area contributed by atoms with Crippen molar-refractivity contribution in [2.45, 2.75) is 58.6 Å². The molecule has 130 valence electrons. The molecule has 1 rings (SSSR count). The fourth-order valence-electron chi connectivity index (χ4n) is 2.09. The van der Waals surface area contributed by atoms with E-state index < -0.39 is 12.1 Å². The lowest BCUT2D eigenvalue weighted by Gasteiger charge is -2.24. The SMILES string of the molecule is CCCCC(=O)NC(CC(O)c1nc(C(=O)OC)cs1)C(C)C. The Bertz CT molecular complexity index is 516. The van der Waals surface area contributed by atoms with Gasteiger partial charge in [-0.2, -0.15) is 0 Å². The van der Waals surface area contributed by atoms with Crippen LogP contribution >= 0.6 is 11.3 Å². The molecule has 0 saturated carbocycles. The molecule has 0 fully saturated rings. The van der Waals surface area contributed by atoms with Gasteiger partial charge in [-0.15, -0.1) is 11.3 Å². The fraction of sp³-hybridized carbons (Fsp3) is 0.688. The number of nitrogens with zero attached hydrogens (tertiary/aromatic N) is 1. The average molecular weight is 342 g/mol. The highest BCUT2D eigenvalue weighted by atomic mass is 32.1. The maximum absolute atomic E-state index is 11.9. The van der Waals surface area contributed by atoms with Crippen molar-refractivity contribution in [2.24, 2.45) is 5.92 Å². The Balaban J connectivity index is 2.66. The summed E-state index contributed by atoms with van der Waals surface area (Å²) < 4.78 is 4.61. The van der Waals surface area contributed by atoms with Gasteiger partial charge in [0.15, 0.2) is 5.69 Å². The highest BCUT2D eigenvalue weighted by Crippen LogP contribution is 2.25. The molecular formula is C16H26N2O4S. The molecule has 0 bridgehead atoms. The number of esters is 1. The Morgan fingerprint density at radius 1 is 1.43 bits per heavy atom. The second kappa shape index (κ2) is 9.62. The van der Waals surface area contributed by atoms with Crippen LogP contribution in [0.3, 0.4) is 0 Å². The van der Waals surface area contributed by atoms with Crippen molar-refractivity contribution in [3.05, 3.63) is 16.1 Å². The van der Waals surface area contributed by atoms with E-state index in [9.17, 15) is 14.7 Å². The number of carbonyl (C=O) groups excluding carboxylic acids is 2. The van der Waals surface area contributed by atoms with Crippen LogP contribution in [0.4, 0.5) is 0 Å². The lowest BCUT2D eigenvalue weighted by molar-refractivity contribution is -0.122. The first-order valence-corrected chi connectivity index (χ1v) is 8.78. The molecule has 7 heteroatoms. The first kappa shape index (κ1) is 19.6. The second-order valence-corrected chi connectivity index (χ2v) is 6.73. The largest absolute Gasteiger partial charge is 0.464 e. The minimum absolute atomic E-state index is 0.00661. The number of nitrogens with one attached hydrogen (secondary N) is 1. The molecule has 1 aromatic rings. The van der Waals surface area contributed by atoms with Crippen molar-refractivity contribution in [1.82, 2.24) is 10.3 Å². The summed E-state index contributed by atoms with van der Waals surface area (Å²) >= 11 is 1.21. The van der Waals surface area contributed by atoms with E-state index in [0.29, 0.717) is 17.8 Å². The summed E-state index contributed by atoms with van der Waals surface area (Å²) in [7, 11) is 1.29. The molecule has 2 N–H and O–H groups in total. The minimum atomic E-state index is -0.822. The van der Waals surface area contributed by atoms with Crippen LogP contribution in [0.2, 0.25) is 0 Å². The third kappa shape index (κ3) is 6.27. The van der Waals surface area contributed by atoms with Gasteiger partial charge in [0.25, 0.3) is 0 Å². The van der Waals surface area contributed by atoms with Crippen LogP contribution in [0, 0.1) is 5.92 Å². The quantitative estimate of drug-likeness (QED) is 0.674. The standard InChI is InChI=1S/C16H26N2O4S/c1-5-6-7-14(20)17-11(10(2)3)8-13(19)15-18-12(9-23-15)16(21)22-4/h9-11,13,19H,5-8H2,1-4H3,(H,17,20). The van der Waals surface area contributed by atoms with Gasteiger partial charge < -0.3 is 15.2 Å². The zero-order valence-corrected chi connectivity index (χ0v) is 15.0. The predicted molar refractivity (Wildman–Crippen MR) is 89.3 cm³/mol. The molecule has 0 aliphatic rings. The van der Waals surface area contributed by atoms with Gasteiger partial charge in [0, 0.05) is 24.3 Å². The normalized spacial score (nSPS) is 13.7. The summed E-state index contributed by atoms with van der Waals surface area (Å²) in [5.74, 6) is -0.324. The number of hydrogen-bond acceptors (Lipinski definition) is 6. The van der Waals surface area contributed by atoms with Crippen LogP contribution < -0.4 is 5.32 Å². The van der Waals surface area contributed by atoms with Crippen molar-refractivity contribution in [2.75, 3.05) is 7.11 Å². The van der Waals surface area contributed by atoms with Crippen molar-refractivity contribution in [3.63, 3.8) is 0 Å². The molecule has 0 spiro atoms. The summed E-state index contributed by atoms with van der Waals surface area (Å²) in [6, 6.07) is -0.139. The Hall–Kier alpha value is -1.47. The van der Waals surface area contributed by atoms with Crippen molar-refractivity contribution in [3.8, 4) is 0 Å². The molecule has 2 atom stereocenters. The summed E-state index contributed by atoms with van der Waals surface area (Å²) in [6.07, 6.45) is 1.87. The molecule has 0 aliphatic heterocycles. The van der Waals surface area contributed by atoms with Crippen molar-refractivity contribution in [1.29, 1.82) is 0 Å². The molecule has 0 aromatic carbocycles. The van der Waals surface area contributed by atoms with Crippen LogP contribution in [-0.4, -0.2) is 35.1 Å². The van der Waals surface area contributed by atoms with Gasteiger partial charge in [-0.3, -0.25) is 4.79 Å². The molecule has 1 amide bonds. The lowest BCUT2D eigenvalue weighted by atomic mass is 9.97. The van der Waals surface area contributed by atoms with Crippen LogP contribution in [-0.2, 0) is 9.53 Å². The first-order chi connectivity index (χ1) is 10.9. The minimum Gasteiger partial charge on any atom is -0.464 e. The van der Waals surface area contributed by atoms with E-state index in [2.05, 4.69) is 15.0 Å². The van der Waals surface area contributed by atoms with E-state index in [1.54, 1.807) is 5.38 Å². The smallest absolute Gasteiger partial charge is 0.357 e. The van der Waals surface area contributed by atoms with Gasteiger partial charge in [0.05, 0.1) is 7.11 Å². The van der Waals surface area contributed by atoms with Gasteiger partial charge in [-0.25, -0.2) is 9.78 Å². The van der Waals surface area contributed by atoms with Crippen molar-refractivity contribution < 1.29 is 19.4 Å². The second-order valence-electron chi connectivity index (χ2n) is 5.84. The Morgan fingerprint density at radius 2 is 2.13 bits per heavy atom. The maximum Gasteiger partial charge on any atom is 0.357 e. The van der Waals surface area contributed by atoms with Crippen LogP contribution in [0.15, 0.2) is 5.38 Å². The number of aliphatic hydroxyl groups excluding tert-OH is 1. The number of aromatic nitrogens is 1. The third-order valence-electron chi connectivity index (χ3n) is 3.59. The summed E-state index contributed by atoms with van der Waals surface area (Å²) in [4.78, 5) is 27.4. The average Bonchev–Trinajstić information content (AvgIpc) is 3.01. The van der Waals surface area contributed by atoms with Crippen LogP contribution in [0.25, 0.3) is 0 Å². The lowest BCUT2D eigenvalue weighted by Crippen LogP contribution is -2.39. The van der Waals surface area contributed by atoms with Gasteiger partial charge in [-0.05, 0) is 12.3 Å². The van der Waals surface area contributed by atoms with Crippen LogP contribution in [0.5, 0.6) is 0 Å². The molecule has 0 aliphatic carbocycles. The Kier molecular flexibility index (Phi) is 8.19. The molecule has 0 radical (unpaired) electrons. The topological polar surface area (TPSA) is 88.5 Å². The molecule has 2 unspecified atom stereocenters. The molecule has 1 aromatic heterocycles. The number of hydrogen-bond donors (Lipinski definition) is 2. The Labute approximate surface area is 141 Å². The maximum atomic E-state index is 11.9. The van der Waals surface area contributed by atoms with E-state index in [4.69, 9.17) is 0 Å². The van der Waals surface area contributed by atoms with Crippen molar-refractivity contribution >= 4 is 23.2 Å². The van der Waals surface area contributed by atoms with E-state index in [1.807, 2.05) is 20.8 Å². The van der Waals surface area contributed by atoms with E-state index in [0.717, 1.165) is 12.8 Å². The number of rotatable bonds is 9. The highest BCUT2D eigenvalue weighted by Gasteiger charge is 2.23. The number of amides is 1. The monoisotopic (exact) mass is 342 g/mol. The Morgan fingerprint density at radius 3 is 2.70 bits per heavy atom. The summed E-state index contributed by atoms with van der Waals surface area (Å²) in [5, 5.41) is 15.3. The van der Waals surface area contributed by atoms with E-state index in [-0.39, 0.29) is 23.6 Å². The predicted octanol–water partition coefficient (Wildman–Crippen LogP) is 2.68. The van der Waals surface area contributed by atoms with Gasteiger partial charge >= 0.3 is 5.97 Å². The number of unbranched alkanes of at least 4 members (excludes halogenated alkanes) is 1. The van der Waals surface area contributed by atoms with Crippen LogP contribution in [0.1, 0.15) is 68.1 Å². The molecular weight excluding hydrogens is 316 g/mol. The number of aliphatic hydroxyl groups is 1. The number of methoxy groups -OCH3 is 1. The molecule has 6 nitrogen and oxygen atoms in total. The van der Waals surface area contributed by atoms with Gasteiger partial charge in [-0.1, -0.05) is 27.2 Å². The first-order valence-electron chi connectivity index (χ1n) is 7.90. The third-order valence-corrected chi connectivity index (χ3v) is 4.53. The zero-order chi connectivity index (χ0) is 17.4. The molecule has 0 saturated heterocycles. The van der Waals surface area contributed by atoms with E-state index in [1.165, 1.54) is 18.4 Å². The number of carbonyl (C=O) groups is 2. The highest BCUT2D eigenvalue weighted by molar-refractivity contribution is 7.09. The fourth-order valence-corrected chi connectivity index (χ4v) is 2.88. The number of thiazole rings is 1. The zero-order valence-electron chi connectivity index (χ0n) is 14.2. The summed E-state index contributed by atoms with van der Waals surface area (Å²) in [5.41, 5.74) is 0.194. The summed E-state index contributed by atoms with van der Waals surface area (Å²) in [6.45, 7) is 6.04. The van der Waals surface area contributed by atoms with E-state index >= 15 is 0 Å². The molecule has 23 heavy (non-hydrogen) atoms. The van der Waals surface area contributed by atoms with Gasteiger partial charge in [0.2, 0.25) is 5.91 Å². The van der Waals surface area contributed by atoms with Gasteiger partial charge in [0.1, 0.15) is 11.1 Å².